The van der Waals surface area contributed by atoms with Crippen LogP contribution in [0.1, 0.15) is 18.6 Å². The molecule has 1 fully saturated rings. The van der Waals surface area contributed by atoms with Crippen molar-refractivity contribution in [3.8, 4) is 5.75 Å². The summed E-state index contributed by atoms with van der Waals surface area (Å²) in [5, 5.41) is 24.7. The molecule has 3 unspecified atom stereocenters. The number of carboxylic acid groups (broad SMARTS) is 1. The van der Waals surface area contributed by atoms with Crippen LogP contribution >= 0.6 is 0 Å². The summed E-state index contributed by atoms with van der Waals surface area (Å²) in [7, 11) is 1.49. The van der Waals surface area contributed by atoms with Crippen LogP contribution in [-0.2, 0) is 19.1 Å². The molecule has 2 amide bonds. The fourth-order valence-electron chi connectivity index (χ4n) is 2.86. The SMILES string of the molecule is COc1ccc(C(O)C(NC(=O)C(C)NC(=O)CN2CCOCC2)C(=O)O)cc1. The molecule has 4 N–H and O–H groups in total. The first-order valence-electron chi connectivity index (χ1n) is 9.26. The van der Waals surface area contributed by atoms with Crippen LogP contribution in [-0.4, -0.2) is 84.9 Å². The van der Waals surface area contributed by atoms with E-state index in [0.29, 0.717) is 37.6 Å². The van der Waals surface area contributed by atoms with Gasteiger partial charge in [0.25, 0.3) is 0 Å². The number of aliphatic hydroxyl groups is 1. The predicted octanol–water partition coefficient (Wildman–Crippen LogP) is -0.865. The molecule has 0 bridgehead atoms. The van der Waals surface area contributed by atoms with Gasteiger partial charge >= 0.3 is 5.97 Å². The monoisotopic (exact) mass is 409 g/mol. The number of aliphatic carboxylic acids is 1. The summed E-state index contributed by atoms with van der Waals surface area (Å²) in [6.45, 7) is 3.93. The van der Waals surface area contributed by atoms with Crippen molar-refractivity contribution in [2.75, 3.05) is 40.0 Å². The van der Waals surface area contributed by atoms with Gasteiger partial charge in [0.2, 0.25) is 11.8 Å². The second-order valence-electron chi connectivity index (χ2n) is 6.72. The quantitative estimate of drug-likeness (QED) is 0.413. The minimum atomic E-state index is -1.57. The van der Waals surface area contributed by atoms with E-state index in [0.717, 1.165) is 0 Å². The fraction of sp³-hybridized carbons (Fsp3) is 0.526. The number of nitrogens with one attached hydrogen (secondary N) is 2. The maximum atomic E-state index is 12.4. The van der Waals surface area contributed by atoms with E-state index in [1.165, 1.54) is 26.2 Å². The average molecular weight is 409 g/mol. The molecule has 1 saturated heterocycles. The molecule has 1 aliphatic heterocycles. The minimum absolute atomic E-state index is 0.123. The van der Waals surface area contributed by atoms with Gasteiger partial charge in [-0.15, -0.1) is 0 Å². The van der Waals surface area contributed by atoms with E-state index in [2.05, 4.69) is 10.6 Å². The number of methoxy groups -OCH3 is 1. The molecular weight excluding hydrogens is 382 g/mol. The van der Waals surface area contributed by atoms with Crippen LogP contribution in [0.3, 0.4) is 0 Å². The number of nitrogens with zero attached hydrogens (tertiary/aromatic N) is 1. The number of hydrogen-bond acceptors (Lipinski definition) is 7. The van der Waals surface area contributed by atoms with Crippen molar-refractivity contribution < 1.29 is 34.1 Å². The maximum absolute atomic E-state index is 12.4. The van der Waals surface area contributed by atoms with E-state index in [-0.39, 0.29) is 12.5 Å². The number of benzene rings is 1. The van der Waals surface area contributed by atoms with Crippen molar-refractivity contribution in [3.05, 3.63) is 29.8 Å². The first kappa shape index (κ1) is 22.6. The zero-order valence-corrected chi connectivity index (χ0v) is 16.5. The molecule has 160 valence electrons. The summed E-state index contributed by atoms with van der Waals surface area (Å²) < 4.78 is 10.2. The van der Waals surface area contributed by atoms with Crippen LogP contribution < -0.4 is 15.4 Å². The minimum Gasteiger partial charge on any atom is -0.497 e. The number of carbonyl (C=O) groups is 3. The van der Waals surface area contributed by atoms with Crippen molar-refractivity contribution in [1.29, 1.82) is 0 Å². The Balaban J connectivity index is 1.93. The highest BCUT2D eigenvalue weighted by Gasteiger charge is 2.31. The zero-order chi connectivity index (χ0) is 21.4. The van der Waals surface area contributed by atoms with E-state index in [1.54, 1.807) is 12.1 Å². The van der Waals surface area contributed by atoms with Gasteiger partial charge in [-0.3, -0.25) is 14.5 Å². The van der Waals surface area contributed by atoms with Gasteiger partial charge in [-0.05, 0) is 24.6 Å². The van der Waals surface area contributed by atoms with Crippen molar-refractivity contribution in [2.24, 2.45) is 0 Å². The number of rotatable bonds is 9. The Labute approximate surface area is 168 Å². The van der Waals surface area contributed by atoms with Crippen molar-refractivity contribution in [2.45, 2.75) is 25.1 Å². The fourth-order valence-corrected chi connectivity index (χ4v) is 2.86. The second-order valence-corrected chi connectivity index (χ2v) is 6.72. The Hall–Kier alpha value is -2.69. The van der Waals surface area contributed by atoms with Crippen molar-refractivity contribution >= 4 is 17.8 Å². The van der Waals surface area contributed by atoms with Gasteiger partial charge < -0.3 is 30.3 Å². The number of amides is 2. The van der Waals surface area contributed by atoms with Crippen LogP contribution in [0.2, 0.25) is 0 Å². The number of ether oxygens (including phenoxy) is 2. The predicted molar refractivity (Wildman–Crippen MR) is 102 cm³/mol. The van der Waals surface area contributed by atoms with Gasteiger partial charge in [0, 0.05) is 13.1 Å². The van der Waals surface area contributed by atoms with Gasteiger partial charge in [0.05, 0.1) is 26.9 Å². The number of carbonyl (C=O) groups excluding carboxylic acids is 2. The lowest BCUT2D eigenvalue weighted by Crippen LogP contribution is -2.53. The van der Waals surface area contributed by atoms with Crippen molar-refractivity contribution in [1.82, 2.24) is 15.5 Å². The zero-order valence-electron chi connectivity index (χ0n) is 16.5. The van der Waals surface area contributed by atoms with E-state index in [9.17, 15) is 24.6 Å². The van der Waals surface area contributed by atoms with Crippen molar-refractivity contribution in [3.63, 3.8) is 0 Å². The summed E-state index contributed by atoms with van der Waals surface area (Å²) in [4.78, 5) is 38.0. The highest BCUT2D eigenvalue weighted by molar-refractivity contribution is 5.90. The molecule has 3 atom stereocenters. The smallest absolute Gasteiger partial charge is 0.329 e. The Morgan fingerprint density at radius 1 is 1.17 bits per heavy atom. The summed E-state index contributed by atoms with van der Waals surface area (Å²) in [6, 6.07) is 3.64. The molecule has 10 nitrogen and oxygen atoms in total. The molecule has 0 saturated carbocycles. The third-order valence-corrected chi connectivity index (χ3v) is 4.58. The molecule has 1 heterocycles. The molecular formula is C19H27N3O7. The number of carboxylic acids is 1. The number of hydrogen-bond donors (Lipinski definition) is 4. The molecule has 0 radical (unpaired) electrons. The molecule has 0 aliphatic carbocycles. The van der Waals surface area contributed by atoms with E-state index >= 15 is 0 Å². The maximum Gasteiger partial charge on any atom is 0.329 e. The van der Waals surface area contributed by atoms with Crippen LogP contribution in [0.25, 0.3) is 0 Å². The second kappa shape index (κ2) is 10.7. The average Bonchev–Trinajstić information content (AvgIpc) is 2.71. The first-order valence-corrected chi connectivity index (χ1v) is 9.26. The van der Waals surface area contributed by atoms with Crippen LogP contribution in [0.5, 0.6) is 5.75 Å². The van der Waals surface area contributed by atoms with E-state index < -0.39 is 30.1 Å². The molecule has 2 rings (SSSR count). The summed E-state index contributed by atoms with van der Waals surface area (Å²) in [6.07, 6.45) is -1.47. The summed E-state index contributed by atoms with van der Waals surface area (Å²) in [5.41, 5.74) is 0.308. The third kappa shape index (κ3) is 6.70. The van der Waals surface area contributed by atoms with Crippen LogP contribution in [0.4, 0.5) is 0 Å². The Morgan fingerprint density at radius 2 is 1.79 bits per heavy atom. The lowest BCUT2D eigenvalue weighted by atomic mass is 10.0. The summed E-state index contributed by atoms with van der Waals surface area (Å²) >= 11 is 0. The molecule has 1 aliphatic rings. The third-order valence-electron chi connectivity index (χ3n) is 4.58. The van der Waals surface area contributed by atoms with Gasteiger partial charge in [0.15, 0.2) is 6.04 Å². The standard InChI is InChI=1S/C19H27N3O7/c1-12(20-15(23)11-22-7-9-29-10-8-22)18(25)21-16(19(26)27)17(24)13-3-5-14(28-2)6-4-13/h3-6,12,16-17,24H,7-11H2,1-2H3,(H,20,23)(H,21,25)(H,26,27). The van der Waals surface area contributed by atoms with Crippen LogP contribution in [0, 0.1) is 0 Å². The molecule has 10 heteroatoms. The molecule has 1 aromatic carbocycles. The topological polar surface area (TPSA) is 137 Å². The molecule has 0 aromatic heterocycles. The largest absolute Gasteiger partial charge is 0.497 e. The van der Waals surface area contributed by atoms with Gasteiger partial charge in [0.1, 0.15) is 17.9 Å². The Kier molecular flexibility index (Phi) is 8.37. The highest BCUT2D eigenvalue weighted by Crippen LogP contribution is 2.20. The number of aliphatic hydroxyl groups excluding tert-OH is 1. The highest BCUT2D eigenvalue weighted by atomic mass is 16.5. The Morgan fingerprint density at radius 3 is 2.34 bits per heavy atom. The van der Waals surface area contributed by atoms with Gasteiger partial charge in [-0.1, -0.05) is 12.1 Å². The molecule has 0 spiro atoms. The normalized spacial score (nSPS) is 17.6. The summed E-state index contributed by atoms with van der Waals surface area (Å²) in [5.74, 6) is -1.90. The van der Waals surface area contributed by atoms with Gasteiger partial charge in [-0.25, -0.2) is 4.79 Å². The van der Waals surface area contributed by atoms with E-state index in [4.69, 9.17) is 9.47 Å². The van der Waals surface area contributed by atoms with Gasteiger partial charge in [-0.2, -0.15) is 0 Å². The number of morpholine rings is 1. The first-order chi connectivity index (χ1) is 13.8. The Bertz CT molecular complexity index is 704. The molecule has 1 aromatic rings. The van der Waals surface area contributed by atoms with E-state index in [1.807, 2.05) is 4.90 Å². The molecule has 29 heavy (non-hydrogen) atoms. The lowest BCUT2D eigenvalue weighted by molar-refractivity contribution is -0.145. The lowest BCUT2D eigenvalue weighted by Gasteiger charge is -2.27. The van der Waals surface area contributed by atoms with Crippen LogP contribution in [0.15, 0.2) is 24.3 Å².